The number of amides is 2. The molecule has 1 aromatic heterocycles. The predicted molar refractivity (Wildman–Crippen MR) is 88.3 cm³/mol. The summed E-state index contributed by atoms with van der Waals surface area (Å²) in [5, 5.41) is 2.96. The van der Waals surface area contributed by atoms with E-state index in [0.717, 1.165) is 63.7 Å². The smallest absolute Gasteiger partial charge is 0.317 e. The molecule has 2 aliphatic heterocycles. The van der Waals surface area contributed by atoms with Crippen molar-refractivity contribution in [1.82, 2.24) is 15.1 Å². The first-order chi connectivity index (χ1) is 11.2. The van der Waals surface area contributed by atoms with Crippen LogP contribution in [0.25, 0.3) is 0 Å². The van der Waals surface area contributed by atoms with Crippen LogP contribution in [0.1, 0.15) is 50.0 Å². The number of nitrogens with one attached hydrogen (secondary N) is 1. The van der Waals surface area contributed by atoms with E-state index < -0.39 is 0 Å². The number of carbonyl (C=O) groups is 1. The van der Waals surface area contributed by atoms with Gasteiger partial charge in [-0.05, 0) is 43.7 Å². The van der Waals surface area contributed by atoms with E-state index in [2.05, 4.69) is 29.3 Å². The molecule has 5 nitrogen and oxygen atoms in total. The topological polar surface area (TPSA) is 48.7 Å². The van der Waals surface area contributed by atoms with E-state index in [-0.39, 0.29) is 6.03 Å². The standard InChI is InChI=1S/C18H27N3O2/c1-13-11-16(13)17-4-3-15(23-17)12-20-9-5-14(6-10-20)21-8-2-7-19-18(21)22/h3-4,13-14,16H,2,5-12H2,1H3,(H,19,22)/t13-,16-/m1/s1. The van der Waals surface area contributed by atoms with Gasteiger partial charge in [0, 0.05) is 38.1 Å². The lowest BCUT2D eigenvalue weighted by atomic mass is 10.0. The monoisotopic (exact) mass is 317 g/mol. The number of hydrogen-bond acceptors (Lipinski definition) is 3. The second kappa shape index (κ2) is 6.19. The fourth-order valence-corrected chi connectivity index (χ4v) is 4.00. The molecule has 4 rings (SSSR count). The molecule has 3 fully saturated rings. The molecule has 0 bridgehead atoms. The molecule has 2 atom stereocenters. The number of likely N-dealkylation sites (tertiary alicyclic amines) is 1. The second-order valence-corrected chi connectivity index (χ2v) is 7.41. The van der Waals surface area contributed by atoms with E-state index in [4.69, 9.17) is 4.42 Å². The summed E-state index contributed by atoms with van der Waals surface area (Å²) in [5.41, 5.74) is 0. The fraction of sp³-hybridized carbons (Fsp3) is 0.722. The summed E-state index contributed by atoms with van der Waals surface area (Å²) < 4.78 is 6.02. The molecule has 1 aromatic rings. The molecular weight excluding hydrogens is 290 g/mol. The number of furan rings is 1. The van der Waals surface area contributed by atoms with Crippen LogP contribution in [-0.4, -0.2) is 48.1 Å². The van der Waals surface area contributed by atoms with Crippen LogP contribution in [0.4, 0.5) is 4.79 Å². The number of piperidine rings is 1. The molecule has 2 saturated heterocycles. The lowest BCUT2D eigenvalue weighted by Crippen LogP contribution is -2.54. The van der Waals surface area contributed by atoms with Gasteiger partial charge < -0.3 is 14.6 Å². The van der Waals surface area contributed by atoms with Gasteiger partial charge in [0.2, 0.25) is 0 Å². The summed E-state index contributed by atoms with van der Waals surface area (Å²) in [6.45, 7) is 7.02. The van der Waals surface area contributed by atoms with E-state index in [0.29, 0.717) is 12.0 Å². The average Bonchev–Trinajstić information content (AvgIpc) is 3.11. The first-order valence-corrected chi connectivity index (χ1v) is 9.06. The van der Waals surface area contributed by atoms with Crippen LogP contribution >= 0.6 is 0 Å². The third-order valence-electron chi connectivity index (χ3n) is 5.65. The highest BCUT2D eigenvalue weighted by Gasteiger charge is 2.36. The number of rotatable bonds is 4. The Morgan fingerprint density at radius 1 is 1.26 bits per heavy atom. The Kier molecular flexibility index (Phi) is 4.05. The van der Waals surface area contributed by atoms with Crippen LogP contribution in [0.2, 0.25) is 0 Å². The zero-order valence-electron chi connectivity index (χ0n) is 14.0. The molecule has 2 amide bonds. The van der Waals surface area contributed by atoms with E-state index in [1.165, 1.54) is 12.2 Å². The Labute approximate surface area is 138 Å². The Balaban J connectivity index is 1.28. The maximum atomic E-state index is 12.0. The molecule has 3 heterocycles. The van der Waals surface area contributed by atoms with Gasteiger partial charge in [0.05, 0.1) is 6.54 Å². The molecule has 1 N–H and O–H groups in total. The van der Waals surface area contributed by atoms with Crippen molar-refractivity contribution in [3.8, 4) is 0 Å². The minimum absolute atomic E-state index is 0.129. The van der Waals surface area contributed by atoms with Crippen molar-refractivity contribution in [2.45, 2.75) is 51.1 Å². The predicted octanol–water partition coefficient (Wildman–Crippen LogP) is 2.78. The number of urea groups is 1. The largest absolute Gasteiger partial charge is 0.464 e. The molecule has 126 valence electrons. The van der Waals surface area contributed by atoms with Crippen LogP contribution in [0.3, 0.4) is 0 Å². The Hall–Kier alpha value is -1.49. The van der Waals surface area contributed by atoms with Gasteiger partial charge in [0.15, 0.2) is 0 Å². The molecule has 3 aliphatic rings. The van der Waals surface area contributed by atoms with E-state index in [1.54, 1.807) is 0 Å². The van der Waals surface area contributed by atoms with E-state index >= 15 is 0 Å². The highest BCUT2D eigenvalue weighted by molar-refractivity contribution is 5.75. The maximum Gasteiger partial charge on any atom is 0.317 e. The van der Waals surface area contributed by atoms with Gasteiger partial charge >= 0.3 is 6.03 Å². The summed E-state index contributed by atoms with van der Waals surface area (Å²) >= 11 is 0. The summed E-state index contributed by atoms with van der Waals surface area (Å²) in [7, 11) is 0. The summed E-state index contributed by atoms with van der Waals surface area (Å²) in [4.78, 5) is 16.4. The van der Waals surface area contributed by atoms with Gasteiger partial charge in [-0.2, -0.15) is 0 Å². The number of hydrogen-bond donors (Lipinski definition) is 1. The maximum absolute atomic E-state index is 12.0. The normalized spacial score (nSPS) is 29.6. The third kappa shape index (κ3) is 3.25. The molecule has 0 spiro atoms. The molecule has 1 saturated carbocycles. The van der Waals surface area contributed by atoms with Crippen LogP contribution in [0.15, 0.2) is 16.5 Å². The Morgan fingerprint density at radius 2 is 2.04 bits per heavy atom. The van der Waals surface area contributed by atoms with E-state index in [1.807, 2.05) is 4.90 Å². The van der Waals surface area contributed by atoms with Crippen LogP contribution < -0.4 is 5.32 Å². The van der Waals surface area contributed by atoms with Crippen LogP contribution in [0, 0.1) is 5.92 Å². The van der Waals surface area contributed by atoms with Crippen molar-refractivity contribution in [1.29, 1.82) is 0 Å². The van der Waals surface area contributed by atoms with Crippen molar-refractivity contribution in [2.75, 3.05) is 26.2 Å². The van der Waals surface area contributed by atoms with E-state index in [9.17, 15) is 4.79 Å². The number of carbonyl (C=O) groups excluding carboxylic acids is 1. The minimum atomic E-state index is 0.129. The first-order valence-electron chi connectivity index (χ1n) is 9.06. The third-order valence-corrected chi connectivity index (χ3v) is 5.65. The SMILES string of the molecule is C[C@@H]1C[C@H]1c1ccc(CN2CCC(N3CCCNC3=O)CC2)o1. The Bertz CT molecular complexity index is 562. The zero-order chi connectivity index (χ0) is 15.8. The molecule has 1 aliphatic carbocycles. The lowest BCUT2D eigenvalue weighted by molar-refractivity contribution is 0.105. The average molecular weight is 317 g/mol. The van der Waals surface area contributed by atoms with Crippen molar-refractivity contribution in [2.24, 2.45) is 5.92 Å². The van der Waals surface area contributed by atoms with Gasteiger partial charge in [-0.1, -0.05) is 6.92 Å². The summed E-state index contributed by atoms with van der Waals surface area (Å²) in [6, 6.07) is 4.84. The summed E-state index contributed by atoms with van der Waals surface area (Å²) in [6.07, 6.45) is 4.48. The number of nitrogens with zero attached hydrogens (tertiary/aromatic N) is 2. The van der Waals surface area contributed by atoms with Gasteiger partial charge in [-0.15, -0.1) is 0 Å². The molecular formula is C18H27N3O2. The molecule has 5 heteroatoms. The van der Waals surface area contributed by atoms with Crippen molar-refractivity contribution in [3.63, 3.8) is 0 Å². The highest BCUT2D eigenvalue weighted by Crippen LogP contribution is 2.47. The van der Waals surface area contributed by atoms with Crippen molar-refractivity contribution < 1.29 is 9.21 Å². The lowest BCUT2D eigenvalue weighted by Gasteiger charge is -2.40. The van der Waals surface area contributed by atoms with Crippen LogP contribution in [0.5, 0.6) is 0 Å². The first kappa shape index (κ1) is 15.1. The van der Waals surface area contributed by atoms with Crippen molar-refractivity contribution in [3.05, 3.63) is 23.7 Å². The molecule has 0 radical (unpaired) electrons. The fourth-order valence-electron chi connectivity index (χ4n) is 4.00. The van der Waals surface area contributed by atoms with Gasteiger partial charge in [0.1, 0.15) is 11.5 Å². The van der Waals surface area contributed by atoms with Crippen LogP contribution in [-0.2, 0) is 6.54 Å². The quantitative estimate of drug-likeness (QED) is 0.929. The molecule has 23 heavy (non-hydrogen) atoms. The van der Waals surface area contributed by atoms with Gasteiger partial charge in [-0.3, -0.25) is 4.90 Å². The molecule has 0 aromatic carbocycles. The van der Waals surface area contributed by atoms with Crippen molar-refractivity contribution >= 4 is 6.03 Å². The highest BCUT2D eigenvalue weighted by atomic mass is 16.3. The zero-order valence-corrected chi connectivity index (χ0v) is 14.0. The van der Waals surface area contributed by atoms with Gasteiger partial charge in [0.25, 0.3) is 0 Å². The summed E-state index contributed by atoms with van der Waals surface area (Å²) in [5.74, 6) is 3.72. The Morgan fingerprint density at radius 3 is 2.74 bits per heavy atom. The second-order valence-electron chi connectivity index (χ2n) is 7.41. The minimum Gasteiger partial charge on any atom is -0.464 e. The molecule has 0 unspecified atom stereocenters. The van der Waals surface area contributed by atoms with Gasteiger partial charge in [-0.25, -0.2) is 4.79 Å².